The Hall–Kier alpha value is -4.57. The average molecular weight is 571 g/mol. The number of rotatable bonds is 5. The van der Waals surface area contributed by atoms with Crippen molar-refractivity contribution >= 4 is 51.8 Å². The lowest BCUT2D eigenvalue weighted by Crippen LogP contribution is -2.41. The Kier molecular flexibility index (Phi) is 7.59. The van der Waals surface area contributed by atoms with Crippen molar-refractivity contribution < 1.29 is 19.2 Å². The topological polar surface area (TPSA) is 114 Å². The maximum absolute atomic E-state index is 13.8. The number of hydrogen-bond acceptors (Lipinski definition) is 7. The van der Waals surface area contributed by atoms with Crippen LogP contribution in [0.2, 0.25) is 0 Å². The van der Waals surface area contributed by atoms with E-state index in [-0.39, 0.29) is 23.5 Å². The van der Waals surface area contributed by atoms with Crippen LogP contribution in [0.4, 0.5) is 22.7 Å². The van der Waals surface area contributed by atoms with Crippen LogP contribution in [0.15, 0.2) is 84.1 Å². The number of carbonyl (C=O) groups is 2. The van der Waals surface area contributed by atoms with Gasteiger partial charge in [0.15, 0.2) is 10.9 Å². The molecule has 3 aromatic rings. The van der Waals surface area contributed by atoms with E-state index in [1.807, 2.05) is 29.2 Å². The van der Waals surface area contributed by atoms with Crippen LogP contribution in [0.3, 0.4) is 0 Å². The van der Waals surface area contributed by atoms with E-state index < -0.39 is 16.9 Å². The first-order chi connectivity index (χ1) is 19.6. The lowest BCUT2D eigenvalue weighted by atomic mass is 9.73. The first kappa shape index (κ1) is 28.0. The molecule has 1 unspecified atom stereocenters. The number of para-hydroxylation sites is 2. The van der Waals surface area contributed by atoms with Crippen molar-refractivity contribution in [3.63, 3.8) is 0 Å². The molecular formula is C31H30N4O5S. The summed E-state index contributed by atoms with van der Waals surface area (Å²) in [6, 6.07) is 20.1. The minimum atomic E-state index is -0.649. The van der Waals surface area contributed by atoms with Gasteiger partial charge in [0.1, 0.15) is 0 Å². The molecule has 10 heteroatoms. The number of benzene rings is 3. The number of ether oxygens (including phenoxy) is 1. The zero-order valence-corrected chi connectivity index (χ0v) is 23.8. The molecule has 9 nitrogen and oxygen atoms in total. The first-order valence-corrected chi connectivity index (χ1v) is 13.7. The zero-order valence-electron chi connectivity index (χ0n) is 23.0. The SMILES string of the molecule is CCOC(=O)c1ccc(NC(=S)N2c3ccccc3NC3=C(C(=O)CC(C)(C)C3)C2c2ccc([N+](=O)[O-])cc2)cc1. The van der Waals surface area contributed by atoms with Gasteiger partial charge >= 0.3 is 5.97 Å². The van der Waals surface area contributed by atoms with Gasteiger partial charge in [-0.25, -0.2) is 4.79 Å². The molecule has 0 bridgehead atoms. The molecule has 0 amide bonds. The molecule has 0 aromatic heterocycles. The molecule has 210 valence electrons. The summed E-state index contributed by atoms with van der Waals surface area (Å²) in [4.78, 5) is 38.8. The van der Waals surface area contributed by atoms with Gasteiger partial charge in [-0.3, -0.25) is 14.9 Å². The second kappa shape index (κ2) is 11.1. The van der Waals surface area contributed by atoms with E-state index in [0.29, 0.717) is 40.3 Å². The molecule has 41 heavy (non-hydrogen) atoms. The van der Waals surface area contributed by atoms with Gasteiger partial charge in [-0.2, -0.15) is 0 Å². The van der Waals surface area contributed by atoms with Crippen LogP contribution >= 0.6 is 12.2 Å². The molecule has 2 aliphatic rings. The highest BCUT2D eigenvalue weighted by molar-refractivity contribution is 7.80. The second-order valence-corrected chi connectivity index (χ2v) is 11.2. The third kappa shape index (κ3) is 5.69. The minimum absolute atomic E-state index is 0.00787. The third-order valence-electron chi connectivity index (χ3n) is 7.19. The van der Waals surface area contributed by atoms with Crippen LogP contribution < -0.4 is 15.5 Å². The van der Waals surface area contributed by atoms with Gasteiger partial charge in [0.25, 0.3) is 5.69 Å². The van der Waals surface area contributed by atoms with Crippen LogP contribution in [0, 0.1) is 15.5 Å². The Morgan fingerprint density at radius 2 is 1.78 bits per heavy atom. The van der Waals surface area contributed by atoms with E-state index in [0.717, 1.165) is 17.1 Å². The highest BCUT2D eigenvalue weighted by Crippen LogP contribution is 2.48. The van der Waals surface area contributed by atoms with E-state index in [9.17, 15) is 19.7 Å². The molecule has 1 heterocycles. The normalized spacial score (nSPS) is 17.5. The average Bonchev–Trinajstić information content (AvgIpc) is 3.07. The number of nitrogens with one attached hydrogen (secondary N) is 2. The quantitative estimate of drug-likeness (QED) is 0.148. The fraction of sp³-hybridized carbons (Fsp3) is 0.258. The predicted octanol–water partition coefficient (Wildman–Crippen LogP) is 6.78. The van der Waals surface area contributed by atoms with E-state index in [1.54, 1.807) is 43.3 Å². The van der Waals surface area contributed by atoms with E-state index in [1.165, 1.54) is 12.1 Å². The Morgan fingerprint density at radius 1 is 1.10 bits per heavy atom. The number of nitro benzene ring substituents is 1. The fourth-order valence-electron chi connectivity index (χ4n) is 5.39. The van der Waals surface area contributed by atoms with Gasteiger partial charge in [-0.15, -0.1) is 0 Å². The number of ketones is 1. The molecule has 1 aliphatic carbocycles. The zero-order chi connectivity index (χ0) is 29.3. The van der Waals surface area contributed by atoms with Crippen molar-refractivity contribution in [2.45, 2.75) is 39.7 Å². The minimum Gasteiger partial charge on any atom is -0.462 e. The number of thiocarbonyl (C=S) groups is 1. The van der Waals surface area contributed by atoms with Gasteiger partial charge in [0.2, 0.25) is 0 Å². The van der Waals surface area contributed by atoms with Crippen molar-refractivity contribution in [2.24, 2.45) is 5.41 Å². The largest absolute Gasteiger partial charge is 0.462 e. The van der Waals surface area contributed by atoms with Crippen molar-refractivity contribution in [3.8, 4) is 0 Å². The Bertz CT molecular complexity index is 1560. The molecule has 5 rings (SSSR count). The summed E-state index contributed by atoms with van der Waals surface area (Å²) in [7, 11) is 0. The summed E-state index contributed by atoms with van der Waals surface area (Å²) < 4.78 is 5.08. The molecule has 1 aliphatic heterocycles. The van der Waals surface area contributed by atoms with Gasteiger partial charge in [0.05, 0.1) is 34.5 Å². The predicted molar refractivity (Wildman–Crippen MR) is 162 cm³/mol. The molecule has 0 spiro atoms. The summed E-state index contributed by atoms with van der Waals surface area (Å²) >= 11 is 5.99. The van der Waals surface area contributed by atoms with Crippen LogP contribution in [0.5, 0.6) is 0 Å². The molecule has 0 saturated carbocycles. The summed E-state index contributed by atoms with van der Waals surface area (Å²) in [5, 5.41) is 18.5. The third-order valence-corrected chi connectivity index (χ3v) is 7.49. The molecule has 1 atom stereocenters. The van der Waals surface area contributed by atoms with E-state index in [4.69, 9.17) is 17.0 Å². The Morgan fingerprint density at radius 3 is 2.44 bits per heavy atom. The Balaban J connectivity index is 1.62. The van der Waals surface area contributed by atoms with Gasteiger partial charge in [-0.1, -0.05) is 26.0 Å². The fourth-order valence-corrected chi connectivity index (χ4v) is 5.71. The highest BCUT2D eigenvalue weighted by atomic mass is 32.1. The monoisotopic (exact) mass is 570 g/mol. The van der Waals surface area contributed by atoms with Gasteiger partial charge in [0, 0.05) is 35.5 Å². The number of esters is 1. The maximum atomic E-state index is 13.8. The molecule has 3 aromatic carbocycles. The number of nitrogens with zero attached hydrogens (tertiary/aromatic N) is 2. The van der Waals surface area contributed by atoms with Crippen molar-refractivity contribution in [1.29, 1.82) is 0 Å². The number of anilines is 3. The molecule has 0 fully saturated rings. The standard InChI is InChI=1S/C31H30N4O5S/c1-4-40-29(37)20-9-13-21(14-10-20)32-30(41)34-25-8-6-5-7-23(25)33-24-17-31(2,3)18-26(36)27(24)28(34)19-11-15-22(16-12-19)35(38)39/h5-16,28,33H,4,17-18H2,1-3H3,(H,32,41). The molecule has 0 saturated heterocycles. The number of non-ortho nitro benzene ring substituents is 1. The smallest absolute Gasteiger partial charge is 0.338 e. The number of Topliss-reactive ketones (excluding diaryl/α,β-unsaturated/α-hetero) is 1. The lowest BCUT2D eigenvalue weighted by Gasteiger charge is -2.38. The van der Waals surface area contributed by atoms with Crippen LogP contribution in [-0.4, -0.2) is 28.4 Å². The van der Waals surface area contributed by atoms with Crippen molar-refractivity contribution in [2.75, 3.05) is 22.1 Å². The molecule has 2 N–H and O–H groups in total. The number of nitro groups is 1. The maximum Gasteiger partial charge on any atom is 0.338 e. The van der Waals surface area contributed by atoms with Gasteiger partial charge in [-0.05, 0) is 85.1 Å². The number of hydrogen-bond donors (Lipinski definition) is 2. The lowest BCUT2D eigenvalue weighted by molar-refractivity contribution is -0.384. The van der Waals surface area contributed by atoms with Crippen LogP contribution in [0.1, 0.15) is 55.6 Å². The highest BCUT2D eigenvalue weighted by Gasteiger charge is 2.42. The second-order valence-electron chi connectivity index (χ2n) is 10.8. The first-order valence-electron chi connectivity index (χ1n) is 13.3. The van der Waals surface area contributed by atoms with E-state index in [2.05, 4.69) is 24.5 Å². The molecule has 0 radical (unpaired) electrons. The van der Waals surface area contributed by atoms with Crippen molar-refractivity contribution in [1.82, 2.24) is 0 Å². The summed E-state index contributed by atoms with van der Waals surface area (Å²) in [5.74, 6) is -0.419. The number of carbonyl (C=O) groups excluding carboxylic acids is 2. The summed E-state index contributed by atoms with van der Waals surface area (Å²) in [6.45, 7) is 6.17. The van der Waals surface area contributed by atoms with Crippen LogP contribution in [0.25, 0.3) is 0 Å². The number of fused-ring (bicyclic) bond motifs is 1. The van der Waals surface area contributed by atoms with E-state index >= 15 is 0 Å². The summed E-state index contributed by atoms with van der Waals surface area (Å²) in [6.07, 6.45) is 1.01. The number of allylic oxidation sites excluding steroid dienone is 1. The van der Waals surface area contributed by atoms with Crippen LogP contribution in [-0.2, 0) is 9.53 Å². The van der Waals surface area contributed by atoms with Gasteiger partial charge < -0.3 is 20.3 Å². The summed E-state index contributed by atoms with van der Waals surface area (Å²) in [5.41, 5.74) is 4.39. The molecular weight excluding hydrogens is 540 g/mol. The Labute approximate surface area is 243 Å². The van der Waals surface area contributed by atoms with Crippen molar-refractivity contribution in [3.05, 3.63) is 105 Å².